The SMILES string of the molecule is c1ccc([Si](c2ccccc2)(c2ccccc2)c2cc(-c3ccc(-c4ccc5c6ccccc6c6ccccc6c5c4)cc3)cc([Si](c3ccccc3)(c3ccccc3)c3ccccc3)c2)cc1. The molecule has 0 radical (unpaired) electrons. The first-order valence-corrected chi connectivity index (χ1v) is 27.7. The van der Waals surface area contributed by atoms with E-state index in [4.69, 9.17) is 0 Å². The molecule has 0 unspecified atom stereocenters. The van der Waals surface area contributed by atoms with Crippen molar-refractivity contribution in [2.45, 2.75) is 0 Å². The maximum atomic E-state index is 2.64. The molecule has 0 amide bonds. The van der Waals surface area contributed by atoms with Gasteiger partial charge in [0.05, 0.1) is 0 Å². The Bertz CT molecular complexity index is 3310. The van der Waals surface area contributed by atoms with E-state index in [2.05, 4.69) is 291 Å². The molecule has 0 aliphatic rings. The normalized spacial score (nSPS) is 11.8. The average Bonchev–Trinajstić information content (AvgIpc) is 3.43. The minimum Gasteiger partial charge on any atom is -0.0623 e. The van der Waals surface area contributed by atoms with Gasteiger partial charge in [0.15, 0.2) is 16.1 Å². The lowest BCUT2D eigenvalue weighted by molar-refractivity contribution is 1.61. The summed E-state index contributed by atoms with van der Waals surface area (Å²) in [6.07, 6.45) is 0. The van der Waals surface area contributed by atoms with Crippen molar-refractivity contribution in [1.29, 1.82) is 0 Å². The first-order valence-electron chi connectivity index (χ1n) is 23.7. The Balaban J connectivity index is 1.14. The summed E-state index contributed by atoms with van der Waals surface area (Å²) in [7, 11) is -5.97. The molecule has 320 valence electrons. The molecule has 12 rings (SSSR count). The molecule has 2 heteroatoms. The van der Waals surface area contributed by atoms with Crippen molar-refractivity contribution in [2.24, 2.45) is 0 Å². The molecule has 0 fully saturated rings. The molecule has 0 atom stereocenters. The van der Waals surface area contributed by atoms with Crippen LogP contribution in [0.25, 0.3) is 54.6 Å². The quantitative estimate of drug-likeness (QED) is 0.0729. The zero-order valence-corrected chi connectivity index (χ0v) is 39.7. The van der Waals surface area contributed by atoms with Crippen LogP contribution in [0.3, 0.4) is 0 Å². The van der Waals surface area contributed by atoms with E-state index in [0.29, 0.717) is 0 Å². The van der Waals surface area contributed by atoms with E-state index in [1.165, 1.54) is 96.1 Å². The molecule has 0 spiro atoms. The van der Waals surface area contributed by atoms with Crippen molar-refractivity contribution in [2.75, 3.05) is 0 Å². The van der Waals surface area contributed by atoms with Gasteiger partial charge in [-0.05, 0) is 102 Å². The van der Waals surface area contributed by atoms with Gasteiger partial charge in [-0.25, -0.2) is 0 Å². The van der Waals surface area contributed by atoms with E-state index in [1.54, 1.807) is 0 Å². The molecule has 0 saturated carbocycles. The Labute approximate surface area is 401 Å². The van der Waals surface area contributed by atoms with Crippen LogP contribution in [-0.4, -0.2) is 16.1 Å². The van der Waals surface area contributed by atoms with E-state index in [9.17, 15) is 0 Å². The standard InChI is InChI=1S/C66H48Si2/c1-7-23-53(24-8-1)67(54-25-9-2-10-26-54,55-27-11-3-12-28-55)59-45-52(46-60(48-59)68(56-29-13-4-14-30-56,57-31-15-5-16-32-57)58-33-17-6-18-34-58)50-41-39-49(40-42-50)51-43-44-65-63-37-20-19-35-61(63)62-36-21-22-38-64(62)66(65)47-51/h1-48H. The van der Waals surface area contributed by atoms with E-state index < -0.39 is 16.1 Å². The molecule has 12 aromatic rings. The first kappa shape index (κ1) is 41.3. The molecule has 12 aromatic carbocycles. The second-order valence-corrected chi connectivity index (χ2v) is 25.5. The minimum atomic E-state index is -2.99. The second kappa shape index (κ2) is 17.6. The van der Waals surface area contributed by atoms with Crippen LogP contribution in [-0.2, 0) is 0 Å². The largest absolute Gasteiger partial charge is 0.179 e. The molecular weight excluding hydrogens is 849 g/mol. The van der Waals surface area contributed by atoms with E-state index in [0.717, 1.165) is 0 Å². The van der Waals surface area contributed by atoms with Gasteiger partial charge in [0.25, 0.3) is 0 Å². The zero-order valence-electron chi connectivity index (χ0n) is 37.7. The maximum Gasteiger partial charge on any atom is 0.179 e. The molecule has 0 saturated heterocycles. The number of hydrogen-bond acceptors (Lipinski definition) is 0. The van der Waals surface area contributed by atoms with Gasteiger partial charge in [0.2, 0.25) is 0 Å². The summed E-state index contributed by atoms with van der Waals surface area (Å²) in [5, 5.41) is 18.6. The third-order valence-electron chi connectivity index (χ3n) is 14.3. The highest BCUT2D eigenvalue weighted by atomic mass is 28.3. The van der Waals surface area contributed by atoms with Crippen LogP contribution < -0.4 is 41.5 Å². The summed E-state index contributed by atoms with van der Waals surface area (Å²) in [6, 6.07) is 110. The number of rotatable bonds is 10. The van der Waals surface area contributed by atoms with Gasteiger partial charge in [-0.15, -0.1) is 0 Å². The van der Waals surface area contributed by atoms with Crippen molar-refractivity contribution in [3.8, 4) is 22.3 Å². The van der Waals surface area contributed by atoms with E-state index in [-0.39, 0.29) is 0 Å². The Morgan fingerprint density at radius 3 is 0.721 bits per heavy atom. The second-order valence-electron chi connectivity index (χ2n) is 17.9. The lowest BCUT2D eigenvalue weighted by atomic mass is 9.92. The highest BCUT2D eigenvalue weighted by Gasteiger charge is 2.46. The summed E-state index contributed by atoms with van der Waals surface area (Å²) >= 11 is 0. The van der Waals surface area contributed by atoms with Crippen LogP contribution in [0.4, 0.5) is 0 Å². The summed E-state index contributed by atoms with van der Waals surface area (Å²) in [5.41, 5.74) is 4.83. The Kier molecular flexibility index (Phi) is 10.7. The Morgan fingerprint density at radius 2 is 0.397 bits per heavy atom. The zero-order chi connectivity index (χ0) is 45.3. The Morgan fingerprint density at radius 1 is 0.147 bits per heavy atom. The topological polar surface area (TPSA) is 0 Å². The molecule has 0 N–H and O–H groups in total. The molecular formula is C66H48Si2. The highest BCUT2D eigenvalue weighted by Crippen LogP contribution is 2.37. The summed E-state index contributed by atoms with van der Waals surface area (Å²) in [6.45, 7) is 0. The predicted molar refractivity (Wildman–Crippen MR) is 297 cm³/mol. The van der Waals surface area contributed by atoms with Gasteiger partial charge < -0.3 is 0 Å². The molecule has 0 aromatic heterocycles. The van der Waals surface area contributed by atoms with Crippen LogP contribution in [0, 0.1) is 0 Å². The van der Waals surface area contributed by atoms with Crippen molar-refractivity contribution in [3.63, 3.8) is 0 Å². The van der Waals surface area contributed by atoms with Gasteiger partial charge in [-0.1, -0.05) is 285 Å². The van der Waals surface area contributed by atoms with Gasteiger partial charge in [-0.3, -0.25) is 0 Å². The minimum absolute atomic E-state index is 1.20. The summed E-state index contributed by atoms with van der Waals surface area (Å²) in [5.74, 6) is 0. The van der Waals surface area contributed by atoms with E-state index >= 15 is 0 Å². The number of hydrogen-bond donors (Lipinski definition) is 0. The van der Waals surface area contributed by atoms with Crippen LogP contribution in [0.1, 0.15) is 0 Å². The fraction of sp³-hybridized carbons (Fsp3) is 0. The molecule has 0 bridgehead atoms. The predicted octanol–water partition coefficient (Wildman–Crippen LogP) is 11.2. The molecule has 0 aliphatic carbocycles. The maximum absolute atomic E-state index is 2.99. The molecule has 0 nitrogen and oxygen atoms in total. The molecule has 0 heterocycles. The van der Waals surface area contributed by atoms with Crippen molar-refractivity contribution < 1.29 is 0 Å². The van der Waals surface area contributed by atoms with Gasteiger partial charge in [0, 0.05) is 0 Å². The smallest absolute Gasteiger partial charge is 0.0623 e. The van der Waals surface area contributed by atoms with Gasteiger partial charge >= 0.3 is 0 Å². The van der Waals surface area contributed by atoms with E-state index in [1.807, 2.05) is 0 Å². The van der Waals surface area contributed by atoms with Crippen LogP contribution in [0.5, 0.6) is 0 Å². The third kappa shape index (κ3) is 6.88. The first-order chi connectivity index (χ1) is 33.7. The molecule has 68 heavy (non-hydrogen) atoms. The lowest BCUT2D eigenvalue weighted by Gasteiger charge is -2.38. The van der Waals surface area contributed by atoms with Crippen molar-refractivity contribution in [3.05, 3.63) is 291 Å². The van der Waals surface area contributed by atoms with Crippen LogP contribution >= 0.6 is 0 Å². The highest BCUT2D eigenvalue weighted by molar-refractivity contribution is 7.22. The van der Waals surface area contributed by atoms with Crippen LogP contribution in [0.15, 0.2) is 291 Å². The summed E-state index contributed by atoms with van der Waals surface area (Å²) < 4.78 is 0. The van der Waals surface area contributed by atoms with Crippen molar-refractivity contribution in [1.82, 2.24) is 0 Å². The van der Waals surface area contributed by atoms with Gasteiger partial charge in [-0.2, -0.15) is 0 Å². The Hall–Kier alpha value is -8.15. The number of fused-ring (bicyclic) bond motifs is 6. The number of benzene rings is 12. The van der Waals surface area contributed by atoms with Crippen LogP contribution in [0.2, 0.25) is 0 Å². The van der Waals surface area contributed by atoms with Gasteiger partial charge in [0.1, 0.15) is 0 Å². The molecule has 0 aliphatic heterocycles. The average molecular weight is 897 g/mol. The fourth-order valence-corrected chi connectivity index (χ4v) is 21.1. The van der Waals surface area contributed by atoms with Crippen molar-refractivity contribution >= 4 is 90.0 Å². The monoisotopic (exact) mass is 896 g/mol. The fourth-order valence-electron chi connectivity index (χ4n) is 11.3. The summed E-state index contributed by atoms with van der Waals surface area (Å²) in [4.78, 5) is 0. The third-order valence-corrected chi connectivity index (χ3v) is 23.8. The lowest BCUT2D eigenvalue weighted by Crippen LogP contribution is -2.78.